The number of carboxylic acids is 1. The number of rotatable bonds is 7. The van der Waals surface area contributed by atoms with E-state index in [1.165, 1.54) is 12.1 Å². The van der Waals surface area contributed by atoms with Gasteiger partial charge in [0.25, 0.3) is 0 Å². The van der Waals surface area contributed by atoms with Crippen LogP contribution in [-0.2, 0) is 0 Å². The highest BCUT2D eigenvalue weighted by atomic mass is 16.5. The van der Waals surface area contributed by atoms with E-state index in [1.807, 2.05) is 6.07 Å². The second kappa shape index (κ2) is 8.25. The van der Waals surface area contributed by atoms with Crippen LogP contribution in [0.25, 0.3) is 0 Å². The third-order valence-electron chi connectivity index (χ3n) is 3.04. The molecule has 0 aliphatic rings. The zero-order chi connectivity index (χ0) is 17.4. The van der Waals surface area contributed by atoms with Gasteiger partial charge in [-0.05, 0) is 48.0 Å². The fraction of sp³-hybridized carbons (Fsp3) is 0.111. The highest BCUT2D eigenvalue weighted by Crippen LogP contribution is 2.27. The first-order valence-electron chi connectivity index (χ1n) is 7.01. The first-order valence-corrected chi connectivity index (χ1v) is 7.01. The Morgan fingerprint density at radius 1 is 1.29 bits per heavy atom. The van der Waals surface area contributed by atoms with Crippen molar-refractivity contribution >= 4 is 17.9 Å². The van der Waals surface area contributed by atoms with Gasteiger partial charge in [-0.3, -0.25) is 5.43 Å². The number of nitrogens with zero attached hydrogens (tertiary/aromatic N) is 1. The van der Waals surface area contributed by atoms with Crippen molar-refractivity contribution in [2.24, 2.45) is 5.10 Å². The summed E-state index contributed by atoms with van der Waals surface area (Å²) in [6.45, 7) is 0.164. The fourth-order valence-electron chi connectivity index (χ4n) is 1.87. The van der Waals surface area contributed by atoms with Crippen molar-refractivity contribution in [2.75, 3.05) is 19.1 Å². The zero-order valence-electron chi connectivity index (χ0n) is 13.0. The Morgan fingerprint density at radius 3 is 2.67 bits per heavy atom. The number of anilines is 1. The van der Waals surface area contributed by atoms with Crippen molar-refractivity contribution in [1.29, 1.82) is 0 Å². The quantitative estimate of drug-likeness (QED) is 0.465. The minimum absolute atomic E-state index is 0.164. The molecule has 0 heterocycles. The number of carboxylic acid groups (broad SMARTS) is 1. The molecule has 0 saturated heterocycles. The first kappa shape index (κ1) is 16.9. The van der Waals surface area contributed by atoms with E-state index >= 15 is 0 Å². The van der Waals surface area contributed by atoms with Crippen LogP contribution in [0.5, 0.6) is 11.5 Å². The van der Waals surface area contributed by atoms with E-state index in [4.69, 9.17) is 21.0 Å². The summed E-state index contributed by atoms with van der Waals surface area (Å²) < 4.78 is 10.6. The van der Waals surface area contributed by atoms with E-state index in [2.05, 4.69) is 16.4 Å². The second-order valence-corrected chi connectivity index (χ2v) is 4.66. The topological polar surface area (TPSA) is 80.2 Å². The maximum Gasteiger partial charge on any atom is 0.335 e. The molecule has 0 fully saturated rings. The summed E-state index contributed by atoms with van der Waals surface area (Å²) in [7, 11) is 1.54. The summed E-state index contributed by atoms with van der Waals surface area (Å²) in [5.74, 6) is 2.54. The number of hydrazone groups is 1. The van der Waals surface area contributed by atoms with Crippen molar-refractivity contribution in [1.82, 2.24) is 0 Å². The van der Waals surface area contributed by atoms with Crippen LogP contribution >= 0.6 is 0 Å². The molecule has 2 aromatic carbocycles. The predicted molar refractivity (Wildman–Crippen MR) is 91.9 cm³/mol. The fourth-order valence-corrected chi connectivity index (χ4v) is 1.87. The van der Waals surface area contributed by atoms with E-state index in [1.54, 1.807) is 37.6 Å². The minimum atomic E-state index is -0.968. The Balaban J connectivity index is 2.03. The lowest BCUT2D eigenvalue weighted by atomic mass is 10.2. The number of benzene rings is 2. The number of terminal acetylenes is 1. The van der Waals surface area contributed by atoms with Crippen LogP contribution in [0.4, 0.5) is 5.69 Å². The number of ether oxygens (including phenoxy) is 2. The Morgan fingerprint density at radius 2 is 2.04 bits per heavy atom. The van der Waals surface area contributed by atoms with Gasteiger partial charge in [-0.25, -0.2) is 4.79 Å². The van der Waals surface area contributed by atoms with Crippen LogP contribution in [-0.4, -0.2) is 31.0 Å². The van der Waals surface area contributed by atoms with Crippen molar-refractivity contribution in [3.8, 4) is 23.8 Å². The van der Waals surface area contributed by atoms with Gasteiger partial charge in [0, 0.05) is 0 Å². The number of hydrogen-bond acceptors (Lipinski definition) is 5. The van der Waals surface area contributed by atoms with Crippen LogP contribution in [0.1, 0.15) is 15.9 Å². The SMILES string of the molecule is C#CCOc1ccc(/C=N\Nc2ccc(C(=O)O)cc2)cc1OC. The van der Waals surface area contributed by atoms with Gasteiger partial charge in [-0.2, -0.15) is 5.10 Å². The summed E-state index contributed by atoms with van der Waals surface area (Å²) in [6, 6.07) is 11.6. The average Bonchev–Trinajstić information content (AvgIpc) is 2.60. The first-order chi connectivity index (χ1) is 11.6. The molecule has 0 aliphatic carbocycles. The molecule has 2 N–H and O–H groups in total. The highest BCUT2D eigenvalue weighted by molar-refractivity contribution is 5.88. The summed E-state index contributed by atoms with van der Waals surface area (Å²) in [6.07, 6.45) is 6.78. The molecule has 2 rings (SSSR count). The molecule has 0 radical (unpaired) electrons. The largest absolute Gasteiger partial charge is 0.493 e. The van der Waals surface area contributed by atoms with Gasteiger partial charge in [0.2, 0.25) is 0 Å². The van der Waals surface area contributed by atoms with Gasteiger partial charge in [0.15, 0.2) is 11.5 Å². The molecule has 0 aromatic heterocycles. The second-order valence-electron chi connectivity index (χ2n) is 4.66. The lowest BCUT2D eigenvalue weighted by Crippen LogP contribution is -1.98. The normalized spacial score (nSPS) is 10.2. The molecule has 122 valence electrons. The lowest BCUT2D eigenvalue weighted by molar-refractivity contribution is 0.0697. The smallest absolute Gasteiger partial charge is 0.335 e. The zero-order valence-corrected chi connectivity index (χ0v) is 13.0. The molecule has 0 atom stereocenters. The van der Waals surface area contributed by atoms with Crippen LogP contribution in [0.15, 0.2) is 47.6 Å². The van der Waals surface area contributed by atoms with Crippen molar-refractivity contribution < 1.29 is 19.4 Å². The van der Waals surface area contributed by atoms with E-state index < -0.39 is 5.97 Å². The Bertz CT molecular complexity index is 777. The molecule has 0 bridgehead atoms. The summed E-state index contributed by atoms with van der Waals surface area (Å²) >= 11 is 0. The molecular weight excluding hydrogens is 308 g/mol. The molecule has 6 nitrogen and oxygen atoms in total. The maximum absolute atomic E-state index is 10.8. The lowest BCUT2D eigenvalue weighted by Gasteiger charge is -2.09. The van der Waals surface area contributed by atoms with Gasteiger partial charge in [0.1, 0.15) is 6.61 Å². The standard InChI is InChI=1S/C18H16N2O4/c1-3-10-24-16-9-4-13(11-17(16)23-2)12-19-20-15-7-5-14(6-8-15)18(21)22/h1,4-9,11-12,20H,10H2,2H3,(H,21,22)/b19-12-. The van der Waals surface area contributed by atoms with E-state index in [0.29, 0.717) is 17.2 Å². The molecule has 24 heavy (non-hydrogen) atoms. The Hall–Kier alpha value is -3.46. The van der Waals surface area contributed by atoms with Gasteiger partial charge < -0.3 is 14.6 Å². The number of nitrogens with one attached hydrogen (secondary N) is 1. The number of aromatic carboxylic acids is 1. The van der Waals surface area contributed by atoms with Gasteiger partial charge >= 0.3 is 5.97 Å². The molecule has 6 heteroatoms. The van der Waals surface area contributed by atoms with Crippen molar-refractivity contribution in [2.45, 2.75) is 0 Å². The van der Waals surface area contributed by atoms with Gasteiger partial charge in [-0.15, -0.1) is 6.42 Å². The average molecular weight is 324 g/mol. The third-order valence-corrected chi connectivity index (χ3v) is 3.04. The monoisotopic (exact) mass is 324 g/mol. The predicted octanol–water partition coefficient (Wildman–Crippen LogP) is 2.85. The van der Waals surface area contributed by atoms with Crippen LogP contribution in [0, 0.1) is 12.3 Å². The molecular formula is C18H16N2O4. The Labute approximate surface area is 139 Å². The summed E-state index contributed by atoms with van der Waals surface area (Å²) in [4.78, 5) is 10.8. The number of methoxy groups -OCH3 is 1. The maximum atomic E-state index is 10.8. The molecule has 0 amide bonds. The van der Waals surface area contributed by atoms with Gasteiger partial charge in [0.05, 0.1) is 24.6 Å². The van der Waals surface area contributed by atoms with E-state index in [0.717, 1.165) is 5.56 Å². The molecule has 0 spiro atoms. The van der Waals surface area contributed by atoms with E-state index in [9.17, 15) is 4.79 Å². The number of hydrogen-bond donors (Lipinski definition) is 2. The third kappa shape index (κ3) is 4.52. The van der Waals surface area contributed by atoms with Crippen molar-refractivity contribution in [3.05, 3.63) is 53.6 Å². The van der Waals surface area contributed by atoms with E-state index in [-0.39, 0.29) is 12.2 Å². The summed E-state index contributed by atoms with van der Waals surface area (Å²) in [5.41, 5.74) is 4.52. The van der Waals surface area contributed by atoms with Crippen LogP contribution in [0.3, 0.4) is 0 Å². The molecule has 0 saturated carbocycles. The Kier molecular flexibility index (Phi) is 5.81. The van der Waals surface area contributed by atoms with Gasteiger partial charge in [-0.1, -0.05) is 5.92 Å². The number of carbonyl (C=O) groups is 1. The molecule has 0 aliphatic heterocycles. The van der Waals surface area contributed by atoms with Crippen LogP contribution < -0.4 is 14.9 Å². The minimum Gasteiger partial charge on any atom is -0.493 e. The molecule has 2 aromatic rings. The molecule has 0 unspecified atom stereocenters. The van der Waals surface area contributed by atoms with Crippen LogP contribution in [0.2, 0.25) is 0 Å². The summed E-state index contributed by atoms with van der Waals surface area (Å²) in [5, 5.41) is 12.9. The van der Waals surface area contributed by atoms with Crippen molar-refractivity contribution in [3.63, 3.8) is 0 Å². The highest BCUT2D eigenvalue weighted by Gasteiger charge is 2.04.